The normalized spacial score (nSPS) is 11.9. The minimum atomic E-state index is -4.20. The van der Waals surface area contributed by atoms with Crippen LogP contribution in [-0.4, -0.2) is 18.0 Å². The summed E-state index contributed by atoms with van der Waals surface area (Å²) in [7, 11) is -4.20. The maximum atomic E-state index is 11.2. The predicted molar refractivity (Wildman–Crippen MR) is 61.0 cm³/mol. The molecule has 0 fully saturated rings. The summed E-state index contributed by atoms with van der Waals surface area (Å²) in [6, 6.07) is 4.78. The first-order valence-corrected chi connectivity index (χ1v) is 6.17. The van der Waals surface area contributed by atoms with Gasteiger partial charge < -0.3 is 0 Å². The van der Waals surface area contributed by atoms with Crippen molar-refractivity contribution in [2.75, 3.05) is 0 Å². The van der Waals surface area contributed by atoms with Gasteiger partial charge in [-0.25, -0.2) is 0 Å². The number of hydrogen-bond donors (Lipinski definition) is 1. The molecule has 0 aliphatic heterocycles. The zero-order chi connectivity index (χ0) is 11.9. The molecule has 2 rings (SSSR count). The molecule has 1 aromatic carbocycles. The first kappa shape index (κ1) is 11.0. The van der Waals surface area contributed by atoms with E-state index in [2.05, 4.69) is 4.98 Å². The van der Waals surface area contributed by atoms with Crippen LogP contribution >= 0.6 is 0 Å². The van der Waals surface area contributed by atoms with Crippen LogP contribution in [0.3, 0.4) is 0 Å². The van der Waals surface area contributed by atoms with Crippen molar-refractivity contribution < 1.29 is 13.0 Å². The largest absolute Gasteiger partial charge is 0.295 e. The number of rotatable bonds is 1. The van der Waals surface area contributed by atoms with Gasteiger partial charge in [0.1, 0.15) is 4.90 Å². The maximum absolute atomic E-state index is 11.2. The van der Waals surface area contributed by atoms with Crippen molar-refractivity contribution in [1.29, 1.82) is 0 Å². The van der Waals surface area contributed by atoms with Crippen molar-refractivity contribution in [3.8, 4) is 0 Å². The van der Waals surface area contributed by atoms with Crippen molar-refractivity contribution in [2.24, 2.45) is 0 Å². The summed E-state index contributed by atoms with van der Waals surface area (Å²) in [6.45, 7) is 3.57. The summed E-state index contributed by atoms with van der Waals surface area (Å²) >= 11 is 0. The van der Waals surface area contributed by atoms with E-state index in [1.807, 2.05) is 0 Å². The summed E-state index contributed by atoms with van der Waals surface area (Å²) in [5.41, 5.74) is 1.47. The molecule has 1 heterocycles. The summed E-state index contributed by atoms with van der Waals surface area (Å²) in [5.74, 6) is 0. The van der Waals surface area contributed by atoms with Gasteiger partial charge in [0.25, 0.3) is 10.1 Å². The fourth-order valence-corrected chi connectivity index (χ4v) is 2.56. The lowest BCUT2D eigenvalue weighted by Crippen LogP contribution is -2.01. The fraction of sp³-hybridized carbons (Fsp3) is 0.182. The van der Waals surface area contributed by atoms with Gasteiger partial charge >= 0.3 is 0 Å². The Morgan fingerprint density at radius 3 is 2.56 bits per heavy atom. The van der Waals surface area contributed by atoms with Crippen LogP contribution in [-0.2, 0) is 10.1 Å². The minimum Gasteiger partial charge on any atom is -0.282 e. The SMILES string of the molecule is Cc1ncc(C)c2c(S(=O)(=O)O)cccc12. The van der Waals surface area contributed by atoms with E-state index in [9.17, 15) is 8.42 Å². The number of aryl methyl sites for hydroxylation is 2. The molecule has 0 spiro atoms. The highest BCUT2D eigenvalue weighted by Crippen LogP contribution is 2.27. The van der Waals surface area contributed by atoms with Crippen LogP contribution < -0.4 is 0 Å². The molecule has 0 bridgehead atoms. The number of aromatic nitrogens is 1. The Bertz CT molecular complexity index is 662. The summed E-state index contributed by atoms with van der Waals surface area (Å²) in [6.07, 6.45) is 1.60. The van der Waals surface area contributed by atoms with Crippen LogP contribution in [0.4, 0.5) is 0 Å². The Kier molecular flexibility index (Phi) is 2.44. The zero-order valence-electron chi connectivity index (χ0n) is 8.93. The van der Waals surface area contributed by atoms with Crippen LogP contribution in [0.25, 0.3) is 10.8 Å². The third-order valence-corrected chi connectivity index (χ3v) is 3.44. The summed E-state index contributed by atoms with van der Waals surface area (Å²) in [4.78, 5) is 4.09. The number of hydrogen-bond acceptors (Lipinski definition) is 3. The number of nitrogens with zero attached hydrogens (tertiary/aromatic N) is 1. The van der Waals surface area contributed by atoms with Gasteiger partial charge in [-0.05, 0) is 25.5 Å². The van der Waals surface area contributed by atoms with Gasteiger partial charge in [0, 0.05) is 22.7 Å². The lowest BCUT2D eigenvalue weighted by molar-refractivity contribution is 0.484. The highest BCUT2D eigenvalue weighted by atomic mass is 32.2. The van der Waals surface area contributed by atoms with Crippen molar-refractivity contribution in [2.45, 2.75) is 18.7 Å². The Labute approximate surface area is 93.7 Å². The van der Waals surface area contributed by atoms with Crippen molar-refractivity contribution in [3.05, 3.63) is 35.7 Å². The Hall–Kier alpha value is -1.46. The van der Waals surface area contributed by atoms with Gasteiger partial charge in [-0.1, -0.05) is 12.1 Å². The van der Waals surface area contributed by atoms with E-state index in [1.165, 1.54) is 6.07 Å². The topological polar surface area (TPSA) is 67.3 Å². The summed E-state index contributed by atoms with van der Waals surface area (Å²) < 4.78 is 31.6. The second-order valence-electron chi connectivity index (χ2n) is 3.68. The zero-order valence-corrected chi connectivity index (χ0v) is 9.75. The molecular weight excluding hydrogens is 226 g/mol. The van der Waals surface area contributed by atoms with E-state index in [1.54, 1.807) is 32.2 Å². The van der Waals surface area contributed by atoms with Gasteiger partial charge in [0.2, 0.25) is 0 Å². The van der Waals surface area contributed by atoms with E-state index < -0.39 is 10.1 Å². The monoisotopic (exact) mass is 237 g/mol. The highest BCUT2D eigenvalue weighted by Gasteiger charge is 2.16. The fourth-order valence-electron chi connectivity index (χ4n) is 1.78. The second kappa shape index (κ2) is 3.54. The third kappa shape index (κ3) is 1.68. The molecule has 4 nitrogen and oxygen atoms in total. The molecule has 1 aromatic heterocycles. The average molecular weight is 237 g/mol. The van der Waals surface area contributed by atoms with Crippen LogP contribution in [0.2, 0.25) is 0 Å². The van der Waals surface area contributed by atoms with Gasteiger partial charge in [0.05, 0.1) is 0 Å². The molecule has 0 atom stereocenters. The molecule has 0 amide bonds. The standard InChI is InChI=1S/C11H11NO3S/c1-7-6-12-8(2)9-4-3-5-10(11(7)9)16(13,14)15/h3-6H,1-2H3,(H,13,14,15). The predicted octanol–water partition coefficient (Wildman–Crippen LogP) is 2.10. The quantitative estimate of drug-likeness (QED) is 0.771. The maximum Gasteiger partial charge on any atom is 0.295 e. The van der Waals surface area contributed by atoms with Gasteiger partial charge in [0.15, 0.2) is 0 Å². The second-order valence-corrected chi connectivity index (χ2v) is 5.07. The lowest BCUT2D eigenvalue weighted by atomic mass is 10.1. The number of benzene rings is 1. The molecule has 0 aliphatic carbocycles. The smallest absolute Gasteiger partial charge is 0.282 e. The van der Waals surface area contributed by atoms with Crippen molar-refractivity contribution >= 4 is 20.9 Å². The molecule has 84 valence electrons. The van der Waals surface area contributed by atoms with Crippen molar-refractivity contribution in [3.63, 3.8) is 0 Å². The molecule has 0 saturated carbocycles. The number of fused-ring (bicyclic) bond motifs is 1. The Morgan fingerprint density at radius 1 is 1.25 bits per heavy atom. The van der Waals surface area contributed by atoms with E-state index in [0.717, 1.165) is 16.6 Å². The van der Waals surface area contributed by atoms with E-state index in [0.29, 0.717) is 5.39 Å². The first-order valence-electron chi connectivity index (χ1n) is 4.73. The van der Waals surface area contributed by atoms with E-state index in [4.69, 9.17) is 4.55 Å². The van der Waals surface area contributed by atoms with Crippen LogP contribution in [0.15, 0.2) is 29.3 Å². The van der Waals surface area contributed by atoms with Gasteiger partial charge in [-0.15, -0.1) is 0 Å². The van der Waals surface area contributed by atoms with Crippen LogP contribution in [0.5, 0.6) is 0 Å². The minimum absolute atomic E-state index is 0.0620. The van der Waals surface area contributed by atoms with E-state index >= 15 is 0 Å². The van der Waals surface area contributed by atoms with E-state index in [-0.39, 0.29) is 4.90 Å². The molecule has 2 aromatic rings. The number of pyridine rings is 1. The molecule has 1 N–H and O–H groups in total. The van der Waals surface area contributed by atoms with Gasteiger partial charge in [-0.3, -0.25) is 9.54 Å². The Balaban J connectivity index is 3.04. The van der Waals surface area contributed by atoms with Crippen LogP contribution in [0.1, 0.15) is 11.3 Å². The molecular formula is C11H11NO3S. The first-order chi connectivity index (χ1) is 7.41. The summed E-state index contributed by atoms with van der Waals surface area (Å²) in [5, 5.41) is 1.28. The highest BCUT2D eigenvalue weighted by molar-refractivity contribution is 7.86. The molecule has 0 aliphatic rings. The molecule has 0 unspecified atom stereocenters. The molecule has 0 radical (unpaired) electrons. The average Bonchev–Trinajstić information content (AvgIpc) is 2.22. The molecule has 5 heteroatoms. The molecule has 0 saturated heterocycles. The van der Waals surface area contributed by atoms with Gasteiger partial charge in [-0.2, -0.15) is 8.42 Å². The van der Waals surface area contributed by atoms with Crippen molar-refractivity contribution in [1.82, 2.24) is 4.98 Å². The lowest BCUT2D eigenvalue weighted by Gasteiger charge is -2.08. The van der Waals surface area contributed by atoms with Crippen LogP contribution in [0, 0.1) is 13.8 Å². The molecule has 16 heavy (non-hydrogen) atoms. The third-order valence-electron chi connectivity index (χ3n) is 2.54. The Morgan fingerprint density at radius 2 is 1.94 bits per heavy atom.